The minimum Gasteiger partial charge on any atom is -0.497 e. The molecule has 140 valence electrons. The van der Waals surface area contributed by atoms with Crippen LogP contribution in [-0.2, 0) is 0 Å². The fourth-order valence-corrected chi connectivity index (χ4v) is 3.30. The Morgan fingerprint density at radius 2 is 1.88 bits per heavy atom. The predicted molar refractivity (Wildman–Crippen MR) is 112 cm³/mol. The van der Waals surface area contributed by atoms with Crippen LogP contribution in [0.2, 0.25) is 0 Å². The van der Waals surface area contributed by atoms with E-state index in [0.29, 0.717) is 12.0 Å². The molecular weight excluding hydrogens is 429 g/mol. The summed E-state index contributed by atoms with van der Waals surface area (Å²) < 4.78 is 10.9. The molecule has 2 saturated carbocycles. The molecule has 2 aliphatic carbocycles. The lowest BCUT2D eigenvalue weighted by molar-refractivity contribution is 0.279. The largest absolute Gasteiger partial charge is 0.497 e. The Morgan fingerprint density at radius 1 is 1.24 bits per heavy atom. The van der Waals surface area contributed by atoms with Crippen molar-refractivity contribution in [3.05, 3.63) is 24.3 Å². The van der Waals surface area contributed by atoms with Gasteiger partial charge in [-0.1, -0.05) is 0 Å². The molecule has 0 unspecified atom stereocenters. The fraction of sp³-hybridized carbons (Fsp3) is 0.632. The first kappa shape index (κ1) is 20.1. The zero-order valence-electron chi connectivity index (χ0n) is 15.5. The highest BCUT2D eigenvalue weighted by molar-refractivity contribution is 14.0. The number of benzene rings is 1. The number of methoxy groups -OCH3 is 1. The van der Waals surface area contributed by atoms with E-state index in [1.807, 2.05) is 31.3 Å². The number of hydrogen-bond donors (Lipinski definition) is 1. The molecule has 3 rings (SSSR count). The van der Waals surface area contributed by atoms with Crippen LogP contribution in [0, 0.1) is 11.3 Å². The van der Waals surface area contributed by atoms with Gasteiger partial charge in [0.05, 0.1) is 13.7 Å². The topological polar surface area (TPSA) is 46.1 Å². The summed E-state index contributed by atoms with van der Waals surface area (Å²) in [7, 11) is 5.57. The van der Waals surface area contributed by atoms with Crippen molar-refractivity contribution >= 4 is 29.9 Å². The van der Waals surface area contributed by atoms with E-state index < -0.39 is 0 Å². The molecular formula is C19H30IN3O2. The number of likely N-dealkylation sites (N-methyl/N-ethyl adjacent to an activating group) is 1. The minimum atomic E-state index is 0. The standard InChI is InChI=1S/C19H29N3O2.HI/c1-20-18(21-14-19(10-11-19)15-4-5-15)22(2)12-13-24-17-8-6-16(23-3)7-9-17;/h6-9,15H,4-5,10-14H2,1-3H3,(H,20,21);1H. The number of nitrogens with zero attached hydrogens (tertiary/aromatic N) is 2. The van der Waals surface area contributed by atoms with Crippen LogP contribution in [0.3, 0.4) is 0 Å². The number of hydrogen-bond acceptors (Lipinski definition) is 3. The molecule has 6 heteroatoms. The van der Waals surface area contributed by atoms with E-state index in [1.54, 1.807) is 7.11 Å². The molecule has 0 spiro atoms. The van der Waals surface area contributed by atoms with Crippen LogP contribution in [-0.4, -0.2) is 51.8 Å². The summed E-state index contributed by atoms with van der Waals surface area (Å²) in [6, 6.07) is 7.68. The fourth-order valence-electron chi connectivity index (χ4n) is 3.30. The summed E-state index contributed by atoms with van der Waals surface area (Å²) in [4.78, 5) is 6.54. The van der Waals surface area contributed by atoms with Gasteiger partial charge in [-0.15, -0.1) is 24.0 Å². The predicted octanol–water partition coefficient (Wildman–Crippen LogP) is 3.39. The third kappa shape index (κ3) is 5.39. The maximum Gasteiger partial charge on any atom is 0.193 e. The van der Waals surface area contributed by atoms with Crippen LogP contribution in [0.25, 0.3) is 0 Å². The molecule has 1 N–H and O–H groups in total. The van der Waals surface area contributed by atoms with Crippen LogP contribution >= 0.6 is 24.0 Å². The van der Waals surface area contributed by atoms with Crippen molar-refractivity contribution in [2.24, 2.45) is 16.3 Å². The Kier molecular flexibility index (Phi) is 7.22. The summed E-state index contributed by atoms with van der Waals surface area (Å²) in [5, 5.41) is 3.56. The molecule has 0 atom stereocenters. The molecule has 0 bridgehead atoms. The molecule has 1 aromatic rings. The first-order valence-corrected chi connectivity index (χ1v) is 8.85. The van der Waals surface area contributed by atoms with E-state index in [1.165, 1.54) is 25.7 Å². The van der Waals surface area contributed by atoms with Gasteiger partial charge in [-0.05, 0) is 61.3 Å². The van der Waals surface area contributed by atoms with E-state index in [-0.39, 0.29) is 24.0 Å². The molecule has 2 fully saturated rings. The summed E-state index contributed by atoms with van der Waals surface area (Å²) >= 11 is 0. The Hall–Kier alpha value is -1.18. The molecule has 0 radical (unpaired) electrons. The van der Waals surface area contributed by atoms with Crippen LogP contribution < -0.4 is 14.8 Å². The zero-order chi connectivity index (χ0) is 17.0. The average molecular weight is 459 g/mol. The highest BCUT2D eigenvalue weighted by atomic mass is 127. The van der Waals surface area contributed by atoms with Crippen LogP contribution in [0.5, 0.6) is 11.5 Å². The molecule has 0 amide bonds. The third-order valence-corrected chi connectivity index (χ3v) is 5.26. The summed E-state index contributed by atoms with van der Waals surface area (Å²) in [5.74, 6) is 3.62. The van der Waals surface area contributed by atoms with Crippen molar-refractivity contribution in [2.45, 2.75) is 25.7 Å². The first-order chi connectivity index (χ1) is 11.7. The number of halogens is 1. The zero-order valence-corrected chi connectivity index (χ0v) is 17.8. The summed E-state index contributed by atoms with van der Waals surface area (Å²) in [6.07, 6.45) is 5.61. The molecule has 0 aliphatic heterocycles. The van der Waals surface area contributed by atoms with Crippen molar-refractivity contribution in [3.8, 4) is 11.5 Å². The van der Waals surface area contributed by atoms with Gasteiger partial charge in [-0.25, -0.2) is 0 Å². The van der Waals surface area contributed by atoms with Gasteiger partial charge in [0, 0.05) is 20.6 Å². The Morgan fingerprint density at radius 3 is 2.40 bits per heavy atom. The molecule has 25 heavy (non-hydrogen) atoms. The number of ether oxygens (including phenoxy) is 2. The van der Waals surface area contributed by atoms with Gasteiger partial charge in [-0.3, -0.25) is 4.99 Å². The Bertz CT molecular complexity index is 569. The van der Waals surface area contributed by atoms with E-state index in [2.05, 4.69) is 22.3 Å². The third-order valence-electron chi connectivity index (χ3n) is 5.26. The van der Waals surface area contributed by atoms with Gasteiger partial charge in [0.2, 0.25) is 0 Å². The lowest BCUT2D eigenvalue weighted by Gasteiger charge is -2.24. The van der Waals surface area contributed by atoms with E-state index in [0.717, 1.165) is 36.5 Å². The van der Waals surface area contributed by atoms with Crippen molar-refractivity contribution in [2.75, 3.05) is 40.9 Å². The molecule has 0 aromatic heterocycles. The molecule has 5 nitrogen and oxygen atoms in total. The highest BCUT2D eigenvalue weighted by Crippen LogP contribution is 2.60. The van der Waals surface area contributed by atoms with Crippen molar-refractivity contribution in [3.63, 3.8) is 0 Å². The normalized spacial score (nSPS) is 18.1. The van der Waals surface area contributed by atoms with Gasteiger partial charge in [0.25, 0.3) is 0 Å². The van der Waals surface area contributed by atoms with Gasteiger partial charge in [-0.2, -0.15) is 0 Å². The Balaban J connectivity index is 0.00000225. The summed E-state index contributed by atoms with van der Waals surface area (Å²) in [5.41, 5.74) is 0.580. The van der Waals surface area contributed by atoms with E-state index in [4.69, 9.17) is 9.47 Å². The molecule has 2 aliphatic rings. The monoisotopic (exact) mass is 459 g/mol. The second kappa shape index (κ2) is 8.96. The van der Waals surface area contributed by atoms with Crippen molar-refractivity contribution < 1.29 is 9.47 Å². The van der Waals surface area contributed by atoms with Crippen LogP contribution in [0.15, 0.2) is 29.3 Å². The van der Waals surface area contributed by atoms with Crippen molar-refractivity contribution in [1.29, 1.82) is 0 Å². The van der Waals surface area contributed by atoms with Crippen LogP contribution in [0.1, 0.15) is 25.7 Å². The number of aliphatic imine (C=N–C) groups is 1. The van der Waals surface area contributed by atoms with E-state index >= 15 is 0 Å². The van der Waals surface area contributed by atoms with E-state index in [9.17, 15) is 0 Å². The molecule has 0 heterocycles. The second-order valence-corrected chi connectivity index (χ2v) is 6.98. The smallest absolute Gasteiger partial charge is 0.193 e. The number of guanidine groups is 1. The average Bonchev–Trinajstić information content (AvgIpc) is 3.48. The number of rotatable bonds is 8. The Labute approximate surface area is 168 Å². The lowest BCUT2D eigenvalue weighted by Crippen LogP contribution is -2.43. The van der Waals surface area contributed by atoms with Gasteiger partial charge < -0.3 is 19.7 Å². The first-order valence-electron chi connectivity index (χ1n) is 8.85. The summed E-state index contributed by atoms with van der Waals surface area (Å²) in [6.45, 7) is 2.48. The molecule has 0 saturated heterocycles. The van der Waals surface area contributed by atoms with Gasteiger partial charge in [0.15, 0.2) is 5.96 Å². The maximum atomic E-state index is 5.80. The van der Waals surface area contributed by atoms with Crippen molar-refractivity contribution in [1.82, 2.24) is 10.2 Å². The molecule has 1 aromatic carbocycles. The maximum absolute atomic E-state index is 5.80. The quantitative estimate of drug-likeness (QED) is 0.368. The SMILES string of the molecule is CN=C(NCC1(C2CC2)CC1)N(C)CCOc1ccc(OC)cc1.I. The van der Waals surface area contributed by atoms with Crippen LogP contribution in [0.4, 0.5) is 0 Å². The highest BCUT2D eigenvalue weighted by Gasteiger charge is 2.53. The number of nitrogens with one attached hydrogen (secondary N) is 1. The second-order valence-electron chi connectivity index (χ2n) is 6.98. The van der Waals surface area contributed by atoms with Gasteiger partial charge >= 0.3 is 0 Å². The lowest BCUT2D eigenvalue weighted by atomic mass is 10.0. The van der Waals surface area contributed by atoms with Gasteiger partial charge in [0.1, 0.15) is 18.1 Å². The minimum absolute atomic E-state index is 0.